The predicted molar refractivity (Wildman–Crippen MR) is 118 cm³/mol. The minimum Gasteiger partial charge on any atom is -0.461 e. The molecule has 5 aromatic rings. The predicted octanol–water partition coefficient (Wildman–Crippen LogP) is 5.58. The Morgan fingerprint density at radius 1 is 0.968 bits per heavy atom. The Hall–Kier alpha value is -3.36. The minimum atomic E-state index is 0.457. The van der Waals surface area contributed by atoms with Gasteiger partial charge in [0.2, 0.25) is 17.5 Å². The summed E-state index contributed by atoms with van der Waals surface area (Å²) >= 11 is 7.53. The van der Waals surface area contributed by atoms with E-state index in [4.69, 9.17) is 20.5 Å². The second-order valence-electron chi connectivity index (χ2n) is 6.67. The summed E-state index contributed by atoms with van der Waals surface area (Å²) in [6.45, 7) is 0.615. The van der Waals surface area contributed by atoms with Gasteiger partial charge in [0.15, 0.2) is 10.9 Å². The third-order valence-electron chi connectivity index (χ3n) is 4.52. The van der Waals surface area contributed by atoms with Gasteiger partial charge in [-0.25, -0.2) is 0 Å². The summed E-state index contributed by atoms with van der Waals surface area (Å²) in [5, 5.41) is 14.1. The maximum absolute atomic E-state index is 6.06. The molecule has 0 aliphatic carbocycles. The average molecular weight is 450 g/mol. The molecule has 0 bridgehead atoms. The zero-order chi connectivity index (χ0) is 21.0. The first-order valence-electron chi connectivity index (χ1n) is 9.48. The number of nitrogens with zero attached hydrogens (tertiary/aromatic N) is 5. The Balaban J connectivity index is 1.38. The van der Waals surface area contributed by atoms with Crippen LogP contribution in [0.3, 0.4) is 0 Å². The van der Waals surface area contributed by atoms with E-state index in [2.05, 4.69) is 32.5 Å². The first-order chi connectivity index (χ1) is 15.3. The monoisotopic (exact) mass is 449 g/mol. The molecule has 0 saturated heterocycles. The topological polar surface area (TPSA) is 82.8 Å². The van der Waals surface area contributed by atoms with E-state index in [0.29, 0.717) is 40.6 Å². The number of hydrogen-bond donors (Lipinski definition) is 0. The molecule has 0 N–H and O–H groups in total. The Morgan fingerprint density at radius 2 is 1.87 bits per heavy atom. The van der Waals surface area contributed by atoms with E-state index in [-0.39, 0.29) is 0 Å². The molecule has 3 heterocycles. The number of furan rings is 1. The third kappa shape index (κ3) is 4.40. The molecule has 0 aliphatic rings. The molecule has 0 fully saturated rings. The molecular weight excluding hydrogens is 434 g/mol. The molecule has 3 aromatic heterocycles. The van der Waals surface area contributed by atoms with Crippen LogP contribution in [0.5, 0.6) is 0 Å². The molecule has 7 nitrogen and oxygen atoms in total. The van der Waals surface area contributed by atoms with Gasteiger partial charge in [0.05, 0.1) is 18.6 Å². The van der Waals surface area contributed by atoms with Gasteiger partial charge in [0.25, 0.3) is 0 Å². The first-order valence-corrected chi connectivity index (χ1v) is 10.8. The molecular formula is C22H16ClN5O2S. The van der Waals surface area contributed by atoms with Crippen LogP contribution in [-0.2, 0) is 12.3 Å². The first kappa shape index (κ1) is 19.6. The summed E-state index contributed by atoms with van der Waals surface area (Å²) in [6, 6.07) is 21.2. The largest absolute Gasteiger partial charge is 0.461 e. The molecule has 5 rings (SSSR count). The molecule has 2 aromatic carbocycles. The van der Waals surface area contributed by atoms with Crippen molar-refractivity contribution in [3.8, 4) is 23.0 Å². The molecule has 0 radical (unpaired) electrons. The molecule has 31 heavy (non-hydrogen) atoms. The summed E-state index contributed by atoms with van der Waals surface area (Å²) in [5.74, 6) is 2.78. The second kappa shape index (κ2) is 8.79. The lowest BCUT2D eigenvalue weighted by Gasteiger charge is -2.08. The van der Waals surface area contributed by atoms with Crippen molar-refractivity contribution in [1.82, 2.24) is 24.9 Å². The zero-order valence-corrected chi connectivity index (χ0v) is 17.8. The molecule has 154 valence electrons. The van der Waals surface area contributed by atoms with Crippen molar-refractivity contribution >= 4 is 23.4 Å². The van der Waals surface area contributed by atoms with Crippen LogP contribution in [0.15, 0.2) is 87.1 Å². The van der Waals surface area contributed by atoms with Crippen molar-refractivity contribution in [3.05, 3.63) is 89.5 Å². The number of benzene rings is 2. The Bertz CT molecular complexity index is 1280. The lowest BCUT2D eigenvalue weighted by molar-refractivity contribution is 0.391. The van der Waals surface area contributed by atoms with Gasteiger partial charge in [-0.2, -0.15) is 4.98 Å². The summed E-state index contributed by atoms with van der Waals surface area (Å²) in [7, 11) is 0. The summed E-state index contributed by atoms with van der Waals surface area (Å²) in [4.78, 5) is 4.47. The van der Waals surface area contributed by atoms with Crippen LogP contribution < -0.4 is 0 Å². The van der Waals surface area contributed by atoms with E-state index in [1.165, 1.54) is 11.8 Å². The Kier molecular flexibility index (Phi) is 5.56. The SMILES string of the molecule is Clc1cccc(-c2noc(CSc3nnc(-c4ccco4)n3Cc3ccccc3)n2)c1. The smallest absolute Gasteiger partial charge is 0.237 e. The lowest BCUT2D eigenvalue weighted by Crippen LogP contribution is -2.04. The van der Waals surface area contributed by atoms with Crippen molar-refractivity contribution in [2.45, 2.75) is 17.5 Å². The van der Waals surface area contributed by atoms with E-state index >= 15 is 0 Å². The molecule has 0 atom stereocenters. The fourth-order valence-corrected chi connectivity index (χ4v) is 4.04. The molecule has 0 spiro atoms. The Labute approximate surface area is 187 Å². The summed E-state index contributed by atoms with van der Waals surface area (Å²) in [6.07, 6.45) is 1.62. The molecule has 0 amide bonds. The molecule has 0 unspecified atom stereocenters. The van der Waals surface area contributed by atoms with Gasteiger partial charge >= 0.3 is 0 Å². The van der Waals surface area contributed by atoms with Gasteiger partial charge in [-0.15, -0.1) is 10.2 Å². The van der Waals surface area contributed by atoms with Crippen molar-refractivity contribution in [2.75, 3.05) is 0 Å². The van der Waals surface area contributed by atoms with Crippen LogP contribution in [0, 0.1) is 0 Å². The fourth-order valence-electron chi connectivity index (χ4n) is 3.08. The highest BCUT2D eigenvalue weighted by atomic mass is 35.5. The van der Waals surface area contributed by atoms with Gasteiger partial charge < -0.3 is 8.94 Å². The maximum atomic E-state index is 6.06. The van der Waals surface area contributed by atoms with Gasteiger partial charge in [-0.05, 0) is 29.8 Å². The quantitative estimate of drug-likeness (QED) is 0.300. The van der Waals surface area contributed by atoms with Crippen LogP contribution in [-0.4, -0.2) is 24.9 Å². The number of rotatable bonds is 7. The van der Waals surface area contributed by atoms with E-state index in [0.717, 1.165) is 16.3 Å². The van der Waals surface area contributed by atoms with Crippen LogP contribution in [0.2, 0.25) is 5.02 Å². The van der Waals surface area contributed by atoms with E-state index in [1.807, 2.05) is 47.0 Å². The van der Waals surface area contributed by atoms with Crippen molar-refractivity contribution in [2.24, 2.45) is 0 Å². The van der Waals surface area contributed by atoms with Crippen molar-refractivity contribution in [3.63, 3.8) is 0 Å². The van der Waals surface area contributed by atoms with Crippen molar-refractivity contribution in [1.29, 1.82) is 0 Å². The zero-order valence-electron chi connectivity index (χ0n) is 16.2. The highest BCUT2D eigenvalue weighted by Gasteiger charge is 2.18. The lowest BCUT2D eigenvalue weighted by atomic mass is 10.2. The van der Waals surface area contributed by atoms with Gasteiger partial charge in [-0.3, -0.25) is 4.57 Å². The van der Waals surface area contributed by atoms with Crippen LogP contribution in [0.1, 0.15) is 11.5 Å². The summed E-state index contributed by atoms with van der Waals surface area (Å²) in [5.41, 5.74) is 1.94. The van der Waals surface area contributed by atoms with Gasteiger partial charge in [-0.1, -0.05) is 71.0 Å². The third-order valence-corrected chi connectivity index (χ3v) is 5.70. The fraction of sp³-hybridized carbons (Fsp3) is 0.0909. The number of thioether (sulfide) groups is 1. The summed E-state index contributed by atoms with van der Waals surface area (Å²) < 4.78 is 13.0. The van der Waals surface area contributed by atoms with Gasteiger partial charge in [0, 0.05) is 10.6 Å². The standard InChI is InChI=1S/C22H16ClN5O2S/c23-17-9-4-8-16(12-17)20-24-19(30-27-20)14-31-22-26-25-21(18-10-5-11-29-18)28(22)13-15-6-2-1-3-7-15/h1-12H,13-14H2. The second-order valence-corrected chi connectivity index (χ2v) is 8.04. The molecule has 0 aliphatic heterocycles. The van der Waals surface area contributed by atoms with Gasteiger partial charge in [0.1, 0.15) is 0 Å². The van der Waals surface area contributed by atoms with Crippen LogP contribution in [0.4, 0.5) is 0 Å². The van der Waals surface area contributed by atoms with E-state index in [9.17, 15) is 0 Å². The van der Waals surface area contributed by atoms with Crippen molar-refractivity contribution < 1.29 is 8.94 Å². The molecule has 0 saturated carbocycles. The number of aromatic nitrogens is 5. The maximum Gasteiger partial charge on any atom is 0.237 e. The van der Waals surface area contributed by atoms with E-state index in [1.54, 1.807) is 18.4 Å². The number of hydrogen-bond acceptors (Lipinski definition) is 7. The average Bonchev–Trinajstić information content (AvgIpc) is 3.54. The van der Waals surface area contributed by atoms with Crippen LogP contribution >= 0.6 is 23.4 Å². The Morgan fingerprint density at radius 3 is 2.68 bits per heavy atom. The minimum absolute atomic E-state index is 0.457. The van der Waals surface area contributed by atoms with E-state index < -0.39 is 0 Å². The normalized spacial score (nSPS) is 11.1. The number of halogens is 1. The van der Waals surface area contributed by atoms with Crippen LogP contribution in [0.25, 0.3) is 23.0 Å². The highest BCUT2D eigenvalue weighted by Crippen LogP contribution is 2.28. The molecule has 9 heteroatoms. The highest BCUT2D eigenvalue weighted by molar-refractivity contribution is 7.98.